The third-order valence-electron chi connectivity index (χ3n) is 2.93. The van der Waals surface area contributed by atoms with E-state index in [-0.39, 0.29) is 0 Å². The molecule has 0 spiro atoms. The molecule has 1 unspecified atom stereocenters. The number of oxime groups is 1. The van der Waals surface area contributed by atoms with Crippen LogP contribution in [0.2, 0.25) is 0 Å². The highest BCUT2D eigenvalue weighted by Gasteiger charge is 2.24. The Kier molecular flexibility index (Phi) is 4.22. The fourth-order valence-electron chi connectivity index (χ4n) is 2.15. The van der Waals surface area contributed by atoms with Crippen molar-refractivity contribution >= 4 is 5.71 Å². The summed E-state index contributed by atoms with van der Waals surface area (Å²) in [4.78, 5) is 2.37. The van der Waals surface area contributed by atoms with E-state index < -0.39 is 0 Å². The van der Waals surface area contributed by atoms with Gasteiger partial charge in [0.05, 0.1) is 11.8 Å². The molecule has 0 aliphatic heterocycles. The van der Waals surface area contributed by atoms with E-state index in [1.807, 2.05) is 0 Å². The highest BCUT2D eigenvalue weighted by atomic mass is 16.4. The average Bonchev–Trinajstić information content (AvgIpc) is 2.20. The van der Waals surface area contributed by atoms with Gasteiger partial charge in [-0.1, -0.05) is 25.4 Å². The Balaban J connectivity index is 2.63. The minimum absolute atomic E-state index is 0.397. The van der Waals surface area contributed by atoms with Crippen molar-refractivity contribution in [3.05, 3.63) is 0 Å². The first-order chi connectivity index (χ1) is 6.33. The minimum Gasteiger partial charge on any atom is -0.411 e. The van der Waals surface area contributed by atoms with Gasteiger partial charge < -0.3 is 5.21 Å². The van der Waals surface area contributed by atoms with Crippen LogP contribution in [0.4, 0.5) is 0 Å². The van der Waals surface area contributed by atoms with Crippen LogP contribution >= 0.6 is 0 Å². The molecule has 3 heteroatoms. The zero-order valence-corrected chi connectivity index (χ0v) is 8.66. The van der Waals surface area contributed by atoms with Crippen molar-refractivity contribution in [2.24, 2.45) is 5.16 Å². The molecule has 0 saturated heterocycles. The van der Waals surface area contributed by atoms with E-state index in [0.29, 0.717) is 6.04 Å². The Morgan fingerprint density at radius 3 is 2.62 bits per heavy atom. The molecule has 1 aliphatic rings. The van der Waals surface area contributed by atoms with Crippen LogP contribution < -0.4 is 0 Å². The zero-order chi connectivity index (χ0) is 9.68. The minimum atomic E-state index is 0.397. The molecule has 1 atom stereocenters. The fourth-order valence-corrected chi connectivity index (χ4v) is 2.15. The first-order valence-electron chi connectivity index (χ1n) is 5.28. The maximum absolute atomic E-state index is 8.86. The van der Waals surface area contributed by atoms with Crippen molar-refractivity contribution < 1.29 is 5.21 Å². The molecule has 1 saturated carbocycles. The molecule has 76 valence electrons. The summed E-state index contributed by atoms with van der Waals surface area (Å²) in [6.45, 7) is 6.40. The van der Waals surface area contributed by atoms with Crippen LogP contribution in [-0.2, 0) is 0 Å². The summed E-state index contributed by atoms with van der Waals surface area (Å²) >= 11 is 0. The monoisotopic (exact) mass is 184 g/mol. The summed E-state index contributed by atoms with van der Waals surface area (Å²) in [7, 11) is 0. The van der Waals surface area contributed by atoms with Crippen LogP contribution in [0.1, 0.15) is 39.5 Å². The van der Waals surface area contributed by atoms with Gasteiger partial charge in [-0.3, -0.25) is 4.90 Å². The van der Waals surface area contributed by atoms with Crippen molar-refractivity contribution in [3.8, 4) is 0 Å². The van der Waals surface area contributed by atoms with E-state index in [9.17, 15) is 0 Å². The summed E-state index contributed by atoms with van der Waals surface area (Å²) in [5, 5.41) is 12.3. The summed E-state index contributed by atoms with van der Waals surface area (Å²) < 4.78 is 0. The number of hydrogen-bond donors (Lipinski definition) is 1. The quantitative estimate of drug-likeness (QED) is 0.538. The largest absolute Gasteiger partial charge is 0.411 e. The SMILES string of the molecule is CCN(CC)C1CCCC/C1=N\O. The van der Waals surface area contributed by atoms with E-state index >= 15 is 0 Å². The Hall–Kier alpha value is -0.570. The summed E-state index contributed by atoms with van der Waals surface area (Å²) in [5.74, 6) is 0. The molecule has 0 amide bonds. The van der Waals surface area contributed by atoms with E-state index in [0.717, 1.165) is 31.6 Å². The fraction of sp³-hybridized carbons (Fsp3) is 0.900. The van der Waals surface area contributed by atoms with Crippen LogP contribution in [0.15, 0.2) is 5.16 Å². The maximum Gasteiger partial charge on any atom is 0.0742 e. The lowest BCUT2D eigenvalue weighted by Crippen LogP contribution is -2.42. The average molecular weight is 184 g/mol. The second kappa shape index (κ2) is 5.22. The molecule has 0 aromatic carbocycles. The van der Waals surface area contributed by atoms with Crippen LogP contribution in [-0.4, -0.2) is 35.0 Å². The molecule has 1 N–H and O–H groups in total. The van der Waals surface area contributed by atoms with Gasteiger partial charge in [-0.25, -0.2) is 0 Å². The van der Waals surface area contributed by atoms with Crippen LogP contribution in [0, 0.1) is 0 Å². The van der Waals surface area contributed by atoms with Crippen molar-refractivity contribution in [3.63, 3.8) is 0 Å². The highest BCUT2D eigenvalue weighted by molar-refractivity contribution is 5.89. The van der Waals surface area contributed by atoms with E-state index in [1.165, 1.54) is 12.8 Å². The second-order valence-corrected chi connectivity index (χ2v) is 3.57. The van der Waals surface area contributed by atoms with Crippen molar-refractivity contribution in [2.75, 3.05) is 13.1 Å². The Bertz CT molecular complexity index is 176. The van der Waals surface area contributed by atoms with Gasteiger partial charge in [0, 0.05) is 0 Å². The highest BCUT2D eigenvalue weighted by Crippen LogP contribution is 2.20. The molecule has 13 heavy (non-hydrogen) atoms. The standard InChI is InChI=1S/C10H20N2O/c1-3-12(4-2)10-8-6-5-7-9(10)11-13/h10,13H,3-8H2,1-2H3/b11-9+. The lowest BCUT2D eigenvalue weighted by Gasteiger charge is -2.32. The topological polar surface area (TPSA) is 35.8 Å². The molecule has 1 rings (SSSR count). The summed E-state index contributed by atoms with van der Waals surface area (Å²) in [6.07, 6.45) is 4.57. The lowest BCUT2D eigenvalue weighted by molar-refractivity contribution is 0.232. The van der Waals surface area contributed by atoms with Crippen molar-refractivity contribution in [1.29, 1.82) is 0 Å². The number of hydrogen-bond acceptors (Lipinski definition) is 3. The predicted octanol–water partition coefficient (Wildman–Crippen LogP) is 2.10. The third kappa shape index (κ3) is 2.44. The Morgan fingerprint density at radius 1 is 1.38 bits per heavy atom. The molecule has 0 aromatic rings. The molecule has 0 radical (unpaired) electrons. The molecule has 1 aliphatic carbocycles. The normalized spacial score (nSPS) is 27.0. The van der Waals surface area contributed by atoms with Gasteiger partial charge in [-0.05, 0) is 32.4 Å². The maximum atomic E-state index is 8.86. The first-order valence-corrected chi connectivity index (χ1v) is 5.28. The van der Waals surface area contributed by atoms with Gasteiger partial charge in [0.25, 0.3) is 0 Å². The first kappa shape index (κ1) is 10.5. The van der Waals surface area contributed by atoms with Crippen LogP contribution in [0.3, 0.4) is 0 Å². The van der Waals surface area contributed by atoms with Gasteiger partial charge in [-0.15, -0.1) is 0 Å². The molecule has 0 heterocycles. The van der Waals surface area contributed by atoms with E-state index in [2.05, 4.69) is 23.9 Å². The summed E-state index contributed by atoms with van der Waals surface area (Å²) in [5.41, 5.74) is 0.981. The third-order valence-corrected chi connectivity index (χ3v) is 2.93. The summed E-state index contributed by atoms with van der Waals surface area (Å²) in [6, 6.07) is 0.397. The lowest BCUT2D eigenvalue weighted by atomic mass is 9.92. The molecule has 3 nitrogen and oxygen atoms in total. The smallest absolute Gasteiger partial charge is 0.0742 e. The van der Waals surface area contributed by atoms with Crippen molar-refractivity contribution in [1.82, 2.24) is 4.90 Å². The van der Waals surface area contributed by atoms with Crippen LogP contribution in [0.5, 0.6) is 0 Å². The molecule has 0 bridgehead atoms. The van der Waals surface area contributed by atoms with Gasteiger partial charge in [0.15, 0.2) is 0 Å². The van der Waals surface area contributed by atoms with Gasteiger partial charge >= 0.3 is 0 Å². The zero-order valence-electron chi connectivity index (χ0n) is 8.66. The van der Waals surface area contributed by atoms with Crippen LogP contribution in [0.25, 0.3) is 0 Å². The Morgan fingerprint density at radius 2 is 2.08 bits per heavy atom. The Labute approximate surface area is 80.4 Å². The van der Waals surface area contributed by atoms with E-state index in [4.69, 9.17) is 5.21 Å². The predicted molar refractivity (Wildman–Crippen MR) is 54.4 cm³/mol. The van der Waals surface area contributed by atoms with Crippen molar-refractivity contribution in [2.45, 2.75) is 45.6 Å². The number of nitrogens with zero attached hydrogens (tertiary/aromatic N) is 2. The van der Waals surface area contributed by atoms with Gasteiger partial charge in [-0.2, -0.15) is 0 Å². The molecular weight excluding hydrogens is 164 g/mol. The second-order valence-electron chi connectivity index (χ2n) is 3.57. The number of rotatable bonds is 3. The van der Waals surface area contributed by atoms with E-state index in [1.54, 1.807) is 0 Å². The van der Waals surface area contributed by atoms with Gasteiger partial charge in [0.2, 0.25) is 0 Å². The molecule has 1 fully saturated rings. The van der Waals surface area contributed by atoms with Gasteiger partial charge in [0.1, 0.15) is 0 Å². The molecular formula is C10H20N2O. The molecule has 0 aromatic heterocycles.